The minimum absolute atomic E-state index is 0.228. The SMILES string of the molecule is Cn1ccc(NC(=O)c2oc3ccccc3c2COc2ccccc2)n1. The van der Waals surface area contributed by atoms with Gasteiger partial charge in [-0.25, -0.2) is 0 Å². The monoisotopic (exact) mass is 347 g/mol. The molecule has 130 valence electrons. The molecule has 1 N–H and O–H groups in total. The maximum atomic E-state index is 12.7. The van der Waals surface area contributed by atoms with E-state index in [0.29, 0.717) is 17.0 Å². The zero-order valence-corrected chi connectivity index (χ0v) is 14.2. The maximum absolute atomic E-state index is 12.7. The molecule has 0 saturated heterocycles. The number of nitrogens with one attached hydrogen (secondary N) is 1. The fraction of sp³-hybridized carbons (Fsp3) is 0.100. The average molecular weight is 347 g/mol. The lowest BCUT2D eigenvalue weighted by molar-refractivity contribution is 0.0995. The number of aromatic nitrogens is 2. The van der Waals surface area contributed by atoms with Crippen LogP contribution in [-0.4, -0.2) is 15.7 Å². The zero-order chi connectivity index (χ0) is 17.9. The van der Waals surface area contributed by atoms with Crippen molar-refractivity contribution in [3.8, 4) is 5.75 Å². The summed E-state index contributed by atoms with van der Waals surface area (Å²) in [7, 11) is 1.79. The number of anilines is 1. The minimum atomic E-state index is -0.355. The minimum Gasteiger partial charge on any atom is -0.489 e. The molecule has 0 aliphatic rings. The van der Waals surface area contributed by atoms with Gasteiger partial charge in [-0.3, -0.25) is 9.48 Å². The Balaban J connectivity index is 1.65. The van der Waals surface area contributed by atoms with Crippen molar-refractivity contribution >= 4 is 22.7 Å². The number of fused-ring (bicyclic) bond motifs is 1. The third kappa shape index (κ3) is 3.17. The van der Waals surface area contributed by atoms with Crippen molar-refractivity contribution in [3.05, 3.63) is 78.2 Å². The summed E-state index contributed by atoms with van der Waals surface area (Å²) >= 11 is 0. The molecule has 6 nitrogen and oxygen atoms in total. The summed E-state index contributed by atoms with van der Waals surface area (Å²) in [5, 5.41) is 7.78. The highest BCUT2D eigenvalue weighted by Crippen LogP contribution is 2.28. The number of ether oxygens (including phenoxy) is 1. The van der Waals surface area contributed by atoms with Crippen LogP contribution in [0.25, 0.3) is 11.0 Å². The second-order valence-corrected chi connectivity index (χ2v) is 5.84. The van der Waals surface area contributed by atoms with Gasteiger partial charge in [0.05, 0.1) is 0 Å². The number of rotatable bonds is 5. The molecule has 0 aliphatic carbocycles. The van der Waals surface area contributed by atoms with Gasteiger partial charge in [-0.05, 0) is 18.2 Å². The first-order chi connectivity index (χ1) is 12.7. The van der Waals surface area contributed by atoms with E-state index in [1.165, 1.54) is 0 Å². The van der Waals surface area contributed by atoms with Crippen molar-refractivity contribution in [1.82, 2.24) is 9.78 Å². The van der Waals surface area contributed by atoms with Gasteiger partial charge in [0.1, 0.15) is 17.9 Å². The quantitative estimate of drug-likeness (QED) is 0.592. The second kappa shape index (κ2) is 6.76. The second-order valence-electron chi connectivity index (χ2n) is 5.84. The lowest BCUT2D eigenvalue weighted by Gasteiger charge is -2.07. The molecule has 0 unspecified atom stereocenters. The maximum Gasteiger partial charge on any atom is 0.293 e. The van der Waals surface area contributed by atoms with Gasteiger partial charge in [0, 0.05) is 30.3 Å². The number of hydrogen-bond acceptors (Lipinski definition) is 4. The Hall–Kier alpha value is -3.54. The van der Waals surface area contributed by atoms with Crippen LogP contribution in [0.15, 0.2) is 71.3 Å². The van der Waals surface area contributed by atoms with Crippen molar-refractivity contribution in [2.75, 3.05) is 5.32 Å². The predicted molar refractivity (Wildman–Crippen MR) is 98.1 cm³/mol. The van der Waals surface area contributed by atoms with Crippen LogP contribution in [0.5, 0.6) is 5.75 Å². The molecule has 0 aliphatic heterocycles. The summed E-state index contributed by atoms with van der Waals surface area (Å²) in [6, 6.07) is 18.7. The number of para-hydroxylation sites is 2. The van der Waals surface area contributed by atoms with Gasteiger partial charge < -0.3 is 14.5 Å². The van der Waals surface area contributed by atoms with Crippen LogP contribution < -0.4 is 10.1 Å². The van der Waals surface area contributed by atoms with Gasteiger partial charge in [0.2, 0.25) is 0 Å². The van der Waals surface area contributed by atoms with E-state index in [4.69, 9.17) is 9.15 Å². The molecule has 4 rings (SSSR count). The van der Waals surface area contributed by atoms with Gasteiger partial charge in [0.15, 0.2) is 11.6 Å². The van der Waals surface area contributed by atoms with Crippen LogP contribution in [0.1, 0.15) is 16.1 Å². The molecule has 0 spiro atoms. The largest absolute Gasteiger partial charge is 0.489 e. The van der Waals surface area contributed by atoms with Gasteiger partial charge in [0.25, 0.3) is 5.91 Å². The predicted octanol–water partition coefficient (Wildman–Crippen LogP) is 4.00. The third-order valence-corrected chi connectivity index (χ3v) is 3.99. The molecule has 2 aromatic carbocycles. The molecule has 0 fully saturated rings. The molecule has 2 aromatic heterocycles. The highest BCUT2D eigenvalue weighted by atomic mass is 16.5. The number of amides is 1. The van der Waals surface area contributed by atoms with Crippen LogP contribution in [0.4, 0.5) is 5.82 Å². The summed E-state index contributed by atoms with van der Waals surface area (Å²) < 4.78 is 13.3. The number of nitrogens with zero attached hydrogens (tertiary/aromatic N) is 2. The average Bonchev–Trinajstić information content (AvgIpc) is 3.24. The standard InChI is InChI=1S/C20H17N3O3/c1-23-12-11-18(22-23)21-20(24)19-16(13-25-14-7-3-2-4-8-14)15-9-5-6-10-17(15)26-19/h2-12H,13H2,1H3,(H,21,22,24). The van der Waals surface area contributed by atoms with E-state index in [9.17, 15) is 4.79 Å². The Labute approximate surface area is 150 Å². The lowest BCUT2D eigenvalue weighted by Crippen LogP contribution is -2.14. The summed E-state index contributed by atoms with van der Waals surface area (Å²) in [6.45, 7) is 0.228. The fourth-order valence-corrected chi connectivity index (χ4v) is 2.75. The first kappa shape index (κ1) is 16.0. The van der Waals surface area contributed by atoms with Crippen LogP contribution in [0.2, 0.25) is 0 Å². The Morgan fingerprint density at radius 1 is 1.12 bits per heavy atom. The Kier molecular flexibility index (Phi) is 4.15. The van der Waals surface area contributed by atoms with Crippen LogP contribution in [-0.2, 0) is 13.7 Å². The van der Waals surface area contributed by atoms with Crippen molar-refractivity contribution in [3.63, 3.8) is 0 Å². The molecular weight excluding hydrogens is 330 g/mol. The van der Waals surface area contributed by atoms with E-state index < -0.39 is 0 Å². The summed E-state index contributed by atoms with van der Waals surface area (Å²) in [5.41, 5.74) is 1.35. The van der Waals surface area contributed by atoms with Crippen LogP contribution in [0.3, 0.4) is 0 Å². The number of benzene rings is 2. The summed E-state index contributed by atoms with van der Waals surface area (Å²) in [6.07, 6.45) is 1.76. The van der Waals surface area contributed by atoms with Crippen molar-refractivity contribution in [2.24, 2.45) is 7.05 Å². The molecule has 26 heavy (non-hydrogen) atoms. The van der Waals surface area contributed by atoms with E-state index in [2.05, 4.69) is 10.4 Å². The van der Waals surface area contributed by atoms with E-state index in [-0.39, 0.29) is 18.3 Å². The summed E-state index contributed by atoms with van der Waals surface area (Å²) in [5.74, 6) is 1.07. The molecule has 0 bridgehead atoms. The zero-order valence-electron chi connectivity index (χ0n) is 14.2. The van der Waals surface area contributed by atoms with E-state index in [1.54, 1.807) is 24.0 Å². The van der Waals surface area contributed by atoms with Crippen LogP contribution in [0, 0.1) is 0 Å². The number of carbonyl (C=O) groups is 1. The number of aryl methyl sites for hydroxylation is 1. The molecular formula is C20H17N3O3. The number of furan rings is 1. The Morgan fingerprint density at radius 2 is 1.88 bits per heavy atom. The number of carbonyl (C=O) groups excluding carboxylic acids is 1. The van der Waals surface area contributed by atoms with E-state index in [0.717, 1.165) is 11.1 Å². The van der Waals surface area contributed by atoms with Gasteiger partial charge in [-0.2, -0.15) is 5.10 Å². The van der Waals surface area contributed by atoms with E-state index >= 15 is 0 Å². The van der Waals surface area contributed by atoms with Gasteiger partial charge >= 0.3 is 0 Å². The van der Waals surface area contributed by atoms with Crippen molar-refractivity contribution < 1.29 is 13.9 Å². The fourth-order valence-electron chi connectivity index (χ4n) is 2.75. The topological polar surface area (TPSA) is 69.3 Å². The van der Waals surface area contributed by atoms with Crippen molar-refractivity contribution in [2.45, 2.75) is 6.61 Å². The lowest BCUT2D eigenvalue weighted by atomic mass is 10.1. The first-order valence-electron chi connectivity index (χ1n) is 8.20. The molecule has 4 aromatic rings. The van der Waals surface area contributed by atoms with E-state index in [1.807, 2.05) is 54.6 Å². The Morgan fingerprint density at radius 3 is 2.65 bits per heavy atom. The molecule has 1 amide bonds. The highest BCUT2D eigenvalue weighted by molar-refractivity contribution is 6.06. The molecule has 2 heterocycles. The third-order valence-electron chi connectivity index (χ3n) is 3.99. The Bertz CT molecular complexity index is 1050. The smallest absolute Gasteiger partial charge is 0.293 e. The van der Waals surface area contributed by atoms with Gasteiger partial charge in [-0.15, -0.1) is 0 Å². The molecule has 6 heteroatoms. The normalized spacial score (nSPS) is 10.8. The molecule has 0 atom stereocenters. The summed E-state index contributed by atoms with van der Waals surface area (Å²) in [4.78, 5) is 12.7. The van der Waals surface area contributed by atoms with Crippen LogP contribution >= 0.6 is 0 Å². The first-order valence-corrected chi connectivity index (χ1v) is 8.20. The molecule has 0 radical (unpaired) electrons. The van der Waals surface area contributed by atoms with Crippen molar-refractivity contribution in [1.29, 1.82) is 0 Å². The highest BCUT2D eigenvalue weighted by Gasteiger charge is 2.21. The number of hydrogen-bond donors (Lipinski definition) is 1. The molecule has 0 saturated carbocycles. The van der Waals surface area contributed by atoms with Gasteiger partial charge in [-0.1, -0.05) is 36.4 Å².